The molecule has 0 saturated carbocycles. The number of nitrogens with zero attached hydrogens (tertiary/aromatic N) is 8. The average Bonchev–Trinajstić information content (AvgIpc) is 3.58. The molecule has 2 amide bonds. The van der Waals surface area contributed by atoms with Gasteiger partial charge in [-0.15, -0.1) is 0 Å². The van der Waals surface area contributed by atoms with Crippen molar-refractivity contribution in [3.05, 3.63) is 80.2 Å². The van der Waals surface area contributed by atoms with E-state index in [9.17, 15) is 9.59 Å². The first-order chi connectivity index (χ1) is 27.4. The van der Waals surface area contributed by atoms with Crippen molar-refractivity contribution in [1.82, 2.24) is 19.9 Å². The van der Waals surface area contributed by atoms with E-state index in [-0.39, 0.29) is 23.9 Å². The molecule has 4 aromatic rings. The number of benzene rings is 2. The first-order valence-corrected chi connectivity index (χ1v) is 21.5. The van der Waals surface area contributed by atoms with Crippen LogP contribution in [0.4, 0.5) is 34.9 Å². The van der Waals surface area contributed by atoms with Crippen molar-refractivity contribution in [1.29, 1.82) is 0 Å². The Morgan fingerprint density at radius 2 is 0.983 bits per heavy atom. The molecule has 0 spiro atoms. The van der Waals surface area contributed by atoms with Gasteiger partial charge in [-0.1, -0.05) is 63.1 Å². The van der Waals surface area contributed by atoms with E-state index in [1.54, 1.807) is 0 Å². The van der Waals surface area contributed by atoms with Gasteiger partial charge in [0.25, 0.3) is 0 Å². The Bertz CT molecular complexity index is 2140. The molecule has 0 fully saturated rings. The second kappa shape index (κ2) is 17.6. The fourth-order valence-corrected chi connectivity index (χ4v) is 9.54. The van der Waals surface area contributed by atoms with Gasteiger partial charge in [0, 0.05) is 59.1 Å². The lowest BCUT2D eigenvalue weighted by Crippen LogP contribution is -2.42. The lowest BCUT2D eigenvalue weighted by Gasteiger charge is -2.29. The minimum Gasteiger partial charge on any atom is -0.310 e. The summed E-state index contributed by atoms with van der Waals surface area (Å²) in [6, 6.07) is 9.14. The van der Waals surface area contributed by atoms with E-state index >= 15 is 0 Å². The number of carbonyl (C=O) groups is 2. The van der Waals surface area contributed by atoms with E-state index < -0.39 is 5.41 Å². The molecule has 2 aromatic heterocycles. The highest BCUT2D eigenvalue weighted by Gasteiger charge is 2.49. The number of carbonyl (C=O) groups excluding carboxylic acids is 2. The SMILES string of the molecule is CCC(CC)N1C(=O)C(C)(C)c2c(C)nc(N(CC)c3c(C)cc(C)cc3C)nc21.CCC(CC)N1C(=O)Cc2c(C)nc(N(CC)c3c(C)cc(C)cc3C)nc21. The molecule has 0 N–H and O–H groups in total. The van der Waals surface area contributed by atoms with Crippen molar-refractivity contribution in [2.45, 2.75) is 160 Å². The molecule has 0 atom stereocenters. The molecule has 2 aliphatic heterocycles. The molecule has 10 nitrogen and oxygen atoms in total. The standard InChI is InChI=1S/C25H36N4O.C23H32N4O/c1-10-19(11-2)29-22-20(25(8,9)23(29)30)18(7)26-24(27-22)28(12-3)21-16(5)13-15(4)14-17(21)6;1-8-18(9-2)27-20(28)13-19-17(7)24-23(25-22(19)27)26(10-3)21-15(5)11-14(4)12-16(21)6/h13-14,19H,10-12H2,1-9H3;11-12,18H,8-10,13H2,1-7H3. The van der Waals surface area contributed by atoms with Crippen LogP contribution in [0, 0.1) is 55.4 Å². The van der Waals surface area contributed by atoms with Gasteiger partial charge in [0.05, 0.1) is 11.8 Å². The van der Waals surface area contributed by atoms with E-state index in [4.69, 9.17) is 19.9 Å². The van der Waals surface area contributed by atoms with Gasteiger partial charge in [0.1, 0.15) is 11.6 Å². The van der Waals surface area contributed by atoms with Gasteiger partial charge in [-0.25, -0.2) is 9.97 Å². The molecule has 58 heavy (non-hydrogen) atoms. The number of rotatable bonds is 12. The first kappa shape index (κ1) is 44.2. The van der Waals surface area contributed by atoms with Gasteiger partial charge >= 0.3 is 0 Å². The quantitative estimate of drug-likeness (QED) is 0.140. The van der Waals surface area contributed by atoms with Crippen LogP contribution in [0.3, 0.4) is 0 Å². The maximum Gasteiger partial charge on any atom is 0.238 e. The summed E-state index contributed by atoms with van der Waals surface area (Å²) in [5.41, 5.74) is 12.8. The molecule has 0 saturated heterocycles. The van der Waals surface area contributed by atoms with Gasteiger partial charge in [-0.05, 0) is 131 Å². The molecule has 0 unspecified atom stereocenters. The summed E-state index contributed by atoms with van der Waals surface area (Å²) in [5, 5.41) is 0. The summed E-state index contributed by atoms with van der Waals surface area (Å²) in [5.74, 6) is 3.23. The number of hydrogen-bond acceptors (Lipinski definition) is 8. The Morgan fingerprint density at radius 1 is 0.586 bits per heavy atom. The zero-order valence-corrected chi connectivity index (χ0v) is 38.3. The highest BCUT2D eigenvalue weighted by atomic mass is 16.2. The predicted octanol–water partition coefficient (Wildman–Crippen LogP) is 10.6. The Balaban J connectivity index is 0.000000221. The van der Waals surface area contributed by atoms with E-state index in [0.29, 0.717) is 18.3 Å². The third-order valence-corrected chi connectivity index (χ3v) is 12.2. The van der Waals surface area contributed by atoms with Crippen molar-refractivity contribution in [2.24, 2.45) is 0 Å². The molecular weight excluding hydrogens is 721 g/mol. The Labute approximate surface area is 348 Å². The van der Waals surface area contributed by atoms with Gasteiger partial charge in [-0.2, -0.15) is 9.97 Å². The van der Waals surface area contributed by atoms with Crippen LogP contribution in [0.1, 0.15) is 137 Å². The largest absolute Gasteiger partial charge is 0.310 e. The van der Waals surface area contributed by atoms with E-state index in [0.717, 1.165) is 84.3 Å². The zero-order valence-electron chi connectivity index (χ0n) is 38.3. The molecule has 2 aliphatic rings. The van der Waals surface area contributed by atoms with Crippen molar-refractivity contribution >= 4 is 46.7 Å². The number of hydrogen-bond donors (Lipinski definition) is 0. The van der Waals surface area contributed by atoms with Crippen LogP contribution in [-0.2, 0) is 21.4 Å². The summed E-state index contributed by atoms with van der Waals surface area (Å²) in [7, 11) is 0. The van der Waals surface area contributed by atoms with Gasteiger partial charge < -0.3 is 9.80 Å². The second-order valence-electron chi connectivity index (χ2n) is 16.9. The van der Waals surface area contributed by atoms with Crippen molar-refractivity contribution < 1.29 is 9.59 Å². The molecule has 6 rings (SSSR count). The van der Waals surface area contributed by atoms with E-state index in [1.807, 2.05) is 37.5 Å². The van der Waals surface area contributed by atoms with Crippen LogP contribution in [0.25, 0.3) is 0 Å². The molecular formula is C48H68N8O2. The summed E-state index contributed by atoms with van der Waals surface area (Å²) >= 11 is 0. The Morgan fingerprint density at radius 3 is 1.40 bits per heavy atom. The predicted molar refractivity (Wildman–Crippen MR) is 241 cm³/mol. The molecule has 10 heteroatoms. The maximum absolute atomic E-state index is 13.4. The number of fused-ring (bicyclic) bond motifs is 2. The van der Waals surface area contributed by atoms with Crippen LogP contribution in [0.2, 0.25) is 0 Å². The normalized spacial score (nSPS) is 14.3. The lowest BCUT2D eigenvalue weighted by atomic mass is 9.86. The smallest absolute Gasteiger partial charge is 0.238 e. The monoisotopic (exact) mass is 789 g/mol. The van der Waals surface area contributed by atoms with Gasteiger partial charge in [0.2, 0.25) is 23.7 Å². The van der Waals surface area contributed by atoms with Crippen LogP contribution in [0.5, 0.6) is 0 Å². The molecule has 4 heterocycles. The average molecular weight is 789 g/mol. The number of amides is 2. The lowest BCUT2D eigenvalue weighted by molar-refractivity contribution is -0.122. The maximum atomic E-state index is 13.4. The van der Waals surface area contributed by atoms with Crippen LogP contribution in [0.15, 0.2) is 24.3 Å². The fourth-order valence-electron chi connectivity index (χ4n) is 9.54. The van der Waals surface area contributed by atoms with Crippen LogP contribution in [-0.4, -0.2) is 56.9 Å². The number of aromatic nitrogens is 4. The highest BCUT2D eigenvalue weighted by Crippen LogP contribution is 2.45. The molecule has 0 bridgehead atoms. The minimum atomic E-state index is -0.604. The van der Waals surface area contributed by atoms with Crippen LogP contribution < -0.4 is 19.6 Å². The van der Waals surface area contributed by atoms with Crippen molar-refractivity contribution in [3.8, 4) is 0 Å². The van der Waals surface area contributed by atoms with E-state index in [1.165, 1.54) is 33.4 Å². The first-order valence-electron chi connectivity index (χ1n) is 21.5. The Hall–Kier alpha value is -4.86. The highest BCUT2D eigenvalue weighted by molar-refractivity contribution is 6.07. The zero-order chi connectivity index (χ0) is 43.0. The van der Waals surface area contributed by atoms with E-state index in [2.05, 4.69) is 117 Å². The van der Waals surface area contributed by atoms with Crippen molar-refractivity contribution in [3.63, 3.8) is 0 Å². The summed E-state index contributed by atoms with van der Waals surface area (Å²) in [6.07, 6.45) is 4.07. The Kier molecular flexibility index (Phi) is 13.4. The van der Waals surface area contributed by atoms with Crippen LogP contribution >= 0.6 is 0 Å². The topological polar surface area (TPSA) is 98.7 Å². The number of anilines is 6. The third-order valence-electron chi connectivity index (χ3n) is 12.2. The fraction of sp³-hybridized carbons (Fsp3) is 0.542. The molecule has 0 radical (unpaired) electrons. The summed E-state index contributed by atoms with van der Waals surface area (Å²) < 4.78 is 0. The molecule has 0 aliphatic carbocycles. The minimum absolute atomic E-state index is 0.131. The third kappa shape index (κ3) is 7.95. The molecule has 2 aromatic carbocycles. The number of aryl methyl sites for hydroxylation is 8. The van der Waals surface area contributed by atoms with Gasteiger partial charge in [0.15, 0.2) is 0 Å². The van der Waals surface area contributed by atoms with Crippen molar-refractivity contribution in [2.75, 3.05) is 32.7 Å². The van der Waals surface area contributed by atoms with Gasteiger partial charge in [-0.3, -0.25) is 19.4 Å². The second-order valence-corrected chi connectivity index (χ2v) is 16.9. The summed E-state index contributed by atoms with van der Waals surface area (Å²) in [6.45, 7) is 35.1. The summed E-state index contributed by atoms with van der Waals surface area (Å²) in [4.78, 5) is 54.1. The molecule has 312 valence electrons.